The van der Waals surface area contributed by atoms with Crippen LogP contribution in [0.2, 0.25) is 5.15 Å². The molecule has 1 saturated heterocycles. The normalized spacial score (nSPS) is 20.6. The Morgan fingerprint density at radius 1 is 1.73 bits per heavy atom. The molecule has 1 fully saturated rings. The van der Waals surface area contributed by atoms with Crippen LogP contribution in [0.1, 0.15) is 11.3 Å². The van der Waals surface area contributed by atoms with E-state index in [2.05, 4.69) is 15.2 Å². The summed E-state index contributed by atoms with van der Waals surface area (Å²) in [4.78, 5) is 6.86. The Bertz CT molecular complexity index is 397. The zero-order chi connectivity index (χ0) is 10.8. The predicted molar refractivity (Wildman–Crippen MR) is 61.5 cm³/mol. The van der Waals surface area contributed by atoms with Crippen LogP contribution in [-0.4, -0.2) is 31.2 Å². The molecule has 1 atom stereocenters. The Hall–Kier alpha value is -0.830. The molecule has 0 aliphatic carbocycles. The van der Waals surface area contributed by atoms with E-state index in [0.717, 1.165) is 24.6 Å². The highest BCUT2D eigenvalue weighted by Crippen LogP contribution is 2.30. The van der Waals surface area contributed by atoms with Gasteiger partial charge in [0.2, 0.25) is 0 Å². The van der Waals surface area contributed by atoms with Crippen molar-refractivity contribution in [3.8, 4) is 6.07 Å². The van der Waals surface area contributed by atoms with Gasteiger partial charge in [-0.25, -0.2) is 4.98 Å². The molecule has 1 aliphatic heterocycles. The first kappa shape index (κ1) is 10.7. The Kier molecular flexibility index (Phi) is 3.10. The van der Waals surface area contributed by atoms with Crippen LogP contribution < -0.4 is 10.2 Å². The van der Waals surface area contributed by atoms with E-state index in [0.29, 0.717) is 16.1 Å². The Labute approximate surface area is 97.5 Å². The minimum Gasteiger partial charge on any atom is -0.346 e. The summed E-state index contributed by atoms with van der Waals surface area (Å²) in [5.41, 5.74) is 0. The lowest BCUT2D eigenvalue weighted by atomic mass is 10.3. The molecule has 15 heavy (non-hydrogen) atoms. The molecule has 6 heteroatoms. The number of nitrogens with one attached hydrogen (secondary N) is 1. The van der Waals surface area contributed by atoms with Gasteiger partial charge in [-0.05, 0) is 13.5 Å². The van der Waals surface area contributed by atoms with Gasteiger partial charge in [-0.3, -0.25) is 0 Å². The molecule has 0 aromatic carbocycles. The maximum Gasteiger partial charge on any atom is 0.188 e. The number of aromatic nitrogens is 1. The molecule has 0 amide bonds. The topological polar surface area (TPSA) is 52.0 Å². The average Bonchev–Trinajstić information content (AvgIpc) is 2.83. The van der Waals surface area contributed by atoms with E-state index in [-0.39, 0.29) is 0 Å². The van der Waals surface area contributed by atoms with E-state index in [1.54, 1.807) is 0 Å². The van der Waals surface area contributed by atoms with E-state index in [4.69, 9.17) is 16.9 Å². The zero-order valence-corrected chi connectivity index (χ0v) is 9.90. The molecule has 1 aliphatic rings. The fraction of sp³-hybridized carbons (Fsp3) is 0.556. The smallest absolute Gasteiger partial charge is 0.188 e. The first-order valence-electron chi connectivity index (χ1n) is 4.73. The summed E-state index contributed by atoms with van der Waals surface area (Å²) in [6.45, 7) is 1.91. The van der Waals surface area contributed by atoms with Crippen molar-refractivity contribution >= 4 is 28.1 Å². The van der Waals surface area contributed by atoms with Crippen LogP contribution in [0.3, 0.4) is 0 Å². The van der Waals surface area contributed by atoms with E-state index in [9.17, 15) is 0 Å². The Morgan fingerprint density at radius 2 is 2.53 bits per heavy atom. The van der Waals surface area contributed by atoms with Gasteiger partial charge in [0.25, 0.3) is 0 Å². The van der Waals surface area contributed by atoms with Crippen molar-refractivity contribution in [2.75, 3.05) is 25.0 Å². The van der Waals surface area contributed by atoms with Crippen molar-refractivity contribution in [1.82, 2.24) is 10.3 Å². The molecule has 0 bridgehead atoms. The molecule has 0 saturated carbocycles. The van der Waals surface area contributed by atoms with E-state index < -0.39 is 0 Å². The number of likely N-dealkylation sites (N-methyl/N-ethyl adjacent to an activating group) is 1. The van der Waals surface area contributed by atoms with Crippen molar-refractivity contribution in [2.45, 2.75) is 12.5 Å². The Morgan fingerprint density at radius 3 is 3.07 bits per heavy atom. The van der Waals surface area contributed by atoms with Crippen LogP contribution in [0.15, 0.2) is 0 Å². The lowest BCUT2D eigenvalue weighted by Crippen LogP contribution is -2.29. The minimum atomic E-state index is 0.324. The number of nitrogens with zero attached hydrogens (tertiary/aromatic N) is 3. The third-order valence-electron chi connectivity index (χ3n) is 2.54. The monoisotopic (exact) mass is 242 g/mol. The van der Waals surface area contributed by atoms with Gasteiger partial charge in [0.1, 0.15) is 10.9 Å². The minimum absolute atomic E-state index is 0.324. The number of anilines is 1. The zero-order valence-electron chi connectivity index (χ0n) is 8.33. The highest BCUT2D eigenvalue weighted by molar-refractivity contribution is 7.16. The standard InChI is InChI=1S/C9H11ClN4S/c1-12-6-2-3-14(5-6)9-13-8(10)7(4-11)15-9/h6,12H,2-3,5H2,1H3. The van der Waals surface area contributed by atoms with Crippen molar-refractivity contribution < 1.29 is 0 Å². The molecular weight excluding hydrogens is 232 g/mol. The highest BCUT2D eigenvalue weighted by Gasteiger charge is 2.24. The van der Waals surface area contributed by atoms with Gasteiger partial charge in [-0.15, -0.1) is 0 Å². The first-order valence-corrected chi connectivity index (χ1v) is 5.92. The van der Waals surface area contributed by atoms with Gasteiger partial charge < -0.3 is 10.2 Å². The molecular formula is C9H11ClN4S. The molecule has 4 nitrogen and oxygen atoms in total. The second-order valence-electron chi connectivity index (χ2n) is 3.45. The van der Waals surface area contributed by atoms with Crippen molar-refractivity contribution in [2.24, 2.45) is 0 Å². The van der Waals surface area contributed by atoms with Gasteiger partial charge in [0.05, 0.1) is 0 Å². The summed E-state index contributed by atoms with van der Waals surface area (Å²) in [5.74, 6) is 0. The third kappa shape index (κ3) is 2.07. The molecule has 1 aromatic rings. The fourth-order valence-corrected chi connectivity index (χ4v) is 2.74. The summed E-state index contributed by atoms with van der Waals surface area (Å²) in [6.07, 6.45) is 1.11. The SMILES string of the molecule is CNC1CCN(c2nc(Cl)c(C#N)s2)C1. The first-order chi connectivity index (χ1) is 7.24. The molecule has 0 spiro atoms. The van der Waals surface area contributed by atoms with Crippen molar-refractivity contribution in [1.29, 1.82) is 5.26 Å². The van der Waals surface area contributed by atoms with Gasteiger partial charge in [-0.1, -0.05) is 22.9 Å². The van der Waals surface area contributed by atoms with Gasteiger partial charge in [0.15, 0.2) is 10.3 Å². The van der Waals surface area contributed by atoms with Crippen LogP contribution in [0.5, 0.6) is 0 Å². The lowest BCUT2D eigenvalue weighted by Gasteiger charge is -2.13. The molecule has 1 unspecified atom stereocenters. The quantitative estimate of drug-likeness (QED) is 0.853. The lowest BCUT2D eigenvalue weighted by molar-refractivity contribution is 0.617. The fourth-order valence-electron chi connectivity index (χ4n) is 1.66. The van der Waals surface area contributed by atoms with Gasteiger partial charge in [0, 0.05) is 19.1 Å². The van der Waals surface area contributed by atoms with E-state index in [1.807, 2.05) is 13.1 Å². The second kappa shape index (κ2) is 4.35. The van der Waals surface area contributed by atoms with Crippen LogP contribution in [0.25, 0.3) is 0 Å². The van der Waals surface area contributed by atoms with Gasteiger partial charge in [-0.2, -0.15) is 5.26 Å². The van der Waals surface area contributed by atoms with Gasteiger partial charge >= 0.3 is 0 Å². The van der Waals surface area contributed by atoms with Crippen molar-refractivity contribution in [3.05, 3.63) is 10.0 Å². The molecule has 2 rings (SSSR count). The van der Waals surface area contributed by atoms with Crippen LogP contribution in [-0.2, 0) is 0 Å². The largest absolute Gasteiger partial charge is 0.346 e. The summed E-state index contributed by atoms with van der Waals surface area (Å²) in [5, 5.41) is 13.2. The summed E-state index contributed by atoms with van der Waals surface area (Å²) < 4.78 is 0. The van der Waals surface area contributed by atoms with Crippen LogP contribution in [0, 0.1) is 11.3 Å². The number of halogens is 1. The maximum atomic E-state index is 8.78. The molecule has 80 valence electrons. The number of rotatable bonds is 2. The average molecular weight is 243 g/mol. The summed E-state index contributed by atoms with van der Waals surface area (Å²) >= 11 is 7.19. The highest BCUT2D eigenvalue weighted by atomic mass is 35.5. The number of thiazole rings is 1. The maximum absolute atomic E-state index is 8.78. The molecule has 2 heterocycles. The van der Waals surface area contributed by atoms with E-state index in [1.165, 1.54) is 11.3 Å². The number of hydrogen-bond donors (Lipinski definition) is 1. The van der Waals surface area contributed by atoms with Crippen molar-refractivity contribution in [3.63, 3.8) is 0 Å². The molecule has 0 radical (unpaired) electrons. The van der Waals surface area contributed by atoms with Crippen LogP contribution >= 0.6 is 22.9 Å². The summed E-state index contributed by atoms with van der Waals surface area (Å²) in [6, 6.07) is 2.56. The predicted octanol–water partition coefficient (Wildman–Crippen LogP) is 1.47. The second-order valence-corrected chi connectivity index (χ2v) is 4.78. The molecule has 1 N–H and O–H groups in total. The van der Waals surface area contributed by atoms with E-state index >= 15 is 0 Å². The Balaban J connectivity index is 2.14. The van der Waals surface area contributed by atoms with Crippen LogP contribution in [0.4, 0.5) is 5.13 Å². The number of nitriles is 1. The molecule has 1 aromatic heterocycles. The third-order valence-corrected chi connectivity index (χ3v) is 3.95. The summed E-state index contributed by atoms with van der Waals surface area (Å²) in [7, 11) is 1.96. The number of hydrogen-bond acceptors (Lipinski definition) is 5.